The first-order chi connectivity index (χ1) is 8.50. The summed E-state index contributed by atoms with van der Waals surface area (Å²) in [7, 11) is 0. The molecule has 2 N–H and O–H groups in total. The average Bonchev–Trinajstić information content (AvgIpc) is 2.71. The predicted molar refractivity (Wildman–Crippen MR) is 72.8 cm³/mol. The fourth-order valence-corrected chi connectivity index (χ4v) is 3.01. The molecule has 0 radical (unpaired) electrons. The van der Waals surface area contributed by atoms with E-state index in [1.165, 1.54) is 6.07 Å². The van der Waals surface area contributed by atoms with Crippen LogP contribution in [0.25, 0.3) is 0 Å². The molecule has 1 aliphatic rings. The summed E-state index contributed by atoms with van der Waals surface area (Å²) in [5.74, 6) is -0.241. The van der Waals surface area contributed by atoms with Crippen LogP contribution in [0.3, 0.4) is 0 Å². The van der Waals surface area contributed by atoms with Gasteiger partial charge in [-0.2, -0.15) is 0 Å². The number of benzene rings is 1. The van der Waals surface area contributed by atoms with Gasteiger partial charge in [0.25, 0.3) is 0 Å². The molecule has 1 aliphatic carbocycles. The van der Waals surface area contributed by atoms with Crippen molar-refractivity contribution in [1.82, 2.24) is 0 Å². The van der Waals surface area contributed by atoms with Gasteiger partial charge in [0.2, 0.25) is 0 Å². The molecule has 0 atom stereocenters. The van der Waals surface area contributed by atoms with Crippen molar-refractivity contribution in [2.45, 2.75) is 44.1 Å². The molecule has 1 saturated carbocycles. The summed E-state index contributed by atoms with van der Waals surface area (Å²) in [6.45, 7) is 0. The smallest absolute Gasteiger partial charge is 0.139 e. The maximum Gasteiger partial charge on any atom is 0.139 e. The number of hydrogen-bond acceptors (Lipinski definition) is 2. The van der Waals surface area contributed by atoms with Crippen LogP contribution >= 0.6 is 15.9 Å². The first-order valence-corrected chi connectivity index (χ1v) is 7.03. The molecule has 0 amide bonds. The van der Waals surface area contributed by atoms with Gasteiger partial charge in [-0.25, -0.2) is 4.39 Å². The Morgan fingerprint density at radius 2 is 2.06 bits per heavy atom. The van der Waals surface area contributed by atoms with E-state index in [0.717, 1.165) is 25.7 Å². The predicted octanol–water partition coefficient (Wildman–Crippen LogP) is 3.36. The van der Waals surface area contributed by atoms with E-state index in [0.29, 0.717) is 16.5 Å². The van der Waals surface area contributed by atoms with Gasteiger partial charge in [0.15, 0.2) is 0 Å². The molecule has 2 nitrogen and oxygen atoms in total. The van der Waals surface area contributed by atoms with Crippen LogP contribution in [-0.2, 0) is 11.2 Å². The van der Waals surface area contributed by atoms with Gasteiger partial charge >= 0.3 is 0 Å². The number of hydrogen-bond donors (Lipinski definition) is 1. The Bertz CT molecular complexity index is 455. The number of nitrogens with two attached hydrogens (primary N) is 1. The van der Waals surface area contributed by atoms with Gasteiger partial charge in [-0.15, -0.1) is 0 Å². The first-order valence-electron chi connectivity index (χ1n) is 6.24. The SMILES string of the molecule is NC1(CC(=O)Cc2cccc(F)c2Br)CCCC1. The van der Waals surface area contributed by atoms with Gasteiger partial charge in [0, 0.05) is 18.4 Å². The second kappa shape index (κ2) is 5.49. The third-order valence-electron chi connectivity index (χ3n) is 3.57. The van der Waals surface area contributed by atoms with Crippen LogP contribution < -0.4 is 5.73 Å². The third-order valence-corrected chi connectivity index (χ3v) is 4.46. The normalized spacial score (nSPS) is 17.9. The molecule has 1 fully saturated rings. The lowest BCUT2D eigenvalue weighted by atomic mass is 9.90. The van der Waals surface area contributed by atoms with Crippen molar-refractivity contribution in [3.63, 3.8) is 0 Å². The van der Waals surface area contributed by atoms with Crippen molar-refractivity contribution >= 4 is 21.7 Å². The van der Waals surface area contributed by atoms with Gasteiger partial charge < -0.3 is 5.73 Å². The zero-order valence-electron chi connectivity index (χ0n) is 10.2. The molecule has 0 aliphatic heterocycles. The number of carbonyl (C=O) groups excluding carboxylic acids is 1. The molecular weight excluding hydrogens is 297 g/mol. The van der Waals surface area contributed by atoms with Crippen LogP contribution in [0.4, 0.5) is 4.39 Å². The van der Waals surface area contributed by atoms with Crippen LogP contribution in [0.5, 0.6) is 0 Å². The lowest BCUT2D eigenvalue weighted by Crippen LogP contribution is -2.39. The van der Waals surface area contributed by atoms with E-state index in [4.69, 9.17) is 5.73 Å². The number of ketones is 1. The molecule has 0 heterocycles. The van der Waals surface area contributed by atoms with Crippen molar-refractivity contribution in [3.8, 4) is 0 Å². The topological polar surface area (TPSA) is 43.1 Å². The van der Waals surface area contributed by atoms with E-state index in [9.17, 15) is 9.18 Å². The summed E-state index contributed by atoms with van der Waals surface area (Å²) in [5, 5.41) is 0. The van der Waals surface area contributed by atoms with E-state index in [1.54, 1.807) is 12.1 Å². The van der Waals surface area contributed by atoms with Gasteiger partial charge in [-0.1, -0.05) is 25.0 Å². The Labute approximate surface area is 115 Å². The molecule has 2 rings (SSSR count). The summed E-state index contributed by atoms with van der Waals surface area (Å²) in [4.78, 5) is 12.0. The van der Waals surface area contributed by atoms with E-state index >= 15 is 0 Å². The van der Waals surface area contributed by atoms with E-state index in [-0.39, 0.29) is 23.6 Å². The van der Waals surface area contributed by atoms with Gasteiger partial charge in [-0.3, -0.25) is 4.79 Å². The van der Waals surface area contributed by atoms with Gasteiger partial charge in [0.1, 0.15) is 11.6 Å². The molecule has 4 heteroatoms. The Morgan fingerprint density at radius 3 is 2.72 bits per heavy atom. The highest BCUT2D eigenvalue weighted by Crippen LogP contribution is 2.31. The zero-order chi connectivity index (χ0) is 13.2. The lowest BCUT2D eigenvalue weighted by Gasteiger charge is -2.22. The summed E-state index contributed by atoms with van der Waals surface area (Å²) < 4.78 is 13.7. The van der Waals surface area contributed by atoms with Crippen molar-refractivity contribution in [2.75, 3.05) is 0 Å². The van der Waals surface area contributed by atoms with E-state index in [2.05, 4.69) is 15.9 Å². The Hall–Kier alpha value is -0.740. The van der Waals surface area contributed by atoms with Crippen molar-refractivity contribution < 1.29 is 9.18 Å². The molecule has 0 aromatic heterocycles. The second-order valence-corrected chi connectivity index (χ2v) is 5.97. The fourth-order valence-electron chi connectivity index (χ4n) is 2.61. The minimum Gasteiger partial charge on any atom is -0.325 e. The van der Waals surface area contributed by atoms with Crippen LogP contribution in [0.2, 0.25) is 0 Å². The molecule has 0 spiro atoms. The molecule has 0 saturated heterocycles. The largest absolute Gasteiger partial charge is 0.325 e. The van der Waals surface area contributed by atoms with Crippen molar-refractivity contribution in [2.24, 2.45) is 5.73 Å². The Kier molecular flexibility index (Phi) is 4.17. The minimum absolute atomic E-state index is 0.0886. The molecular formula is C14H17BrFNO. The Balaban J connectivity index is 2.01. The third kappa shape index (κ3) is 3.18. The maximum atomic E-state index is 13.3. The molecule has 1 aromatic carbocycles. The van der Waals surface area contributed by atoms with Crippen LogP contribution in [0, 0.1) is 5.82 Å². The monoisotopic (exact) mass is 313 g/mol. The Morgan fingerprint density at radius 1 is 1.39 bits per heavy atom. The average molecular weight is 314 g/mol. The summed E-state index contributed by atoms with van der Waals surface area (Å²) in [6.07, 6.45) is 4.69. The molecule has 18 heavy (non-hydrogen) atoms. The molecule has 0 unspecified atom stereocenters. The highest BCUT2D eigenvalue weighted by atomic mass is 79.9. The molecule has 98 valence electrons. The molecule has 1 aromatic rings. The van der Waals surface area contributed by atoms with Crippen LogP contribution in [-0.4, -0.2) is 11.3 Å². The van der Waals surface area contributed by atoms with Crippen molar-refractivity contribution in [1.29, 1.82) is 0 Å². The second-order valence-electron chi connectivity index (χ2n) is 5.17. The fraction of sp³-hybridized carbons (Fsp3) is 0.500. The van der Waals surface area contributed by atoms with E-state index in [1.807, 2.05) is 0 Å². The number of carbonyl (C=O) groups is 1. The quantitative estimate of drug-likeness (QED) is 0.926. The van der Waals surface area contributed by atoms with Crippen LogP contribution in [0.1, 0.15) is 37.7 Å². The number of Topliss-reactive ketones (excluding diaryl/α,β-unsaturated/α-hetero) is 1. The molecule has 0 bridgehead atoms. The standard InChI is InChI=1S/C14H17BrFNO/c15-13-10(4-3-5-12(13)16)8-11(18)9-14(17)6-1-2-7-14/h3-5H,1-2,6-9,17H2. The highest BCUT2D eigenvalue weighted by Gasteiger charge is 2.31. The van der Waals surface area contributed by atoms with Crippen molar-refractivity contribution in [3.05, 3.63) is 34.1 Å². The number of rotatable bonds is 4. The number of halogens is 2. The lowest BCUT2D eigenvalue weighted by molar-refractivity contribution is -0.119. The summed E-state index contributed by atoms with van der Waals surface area (Å²) in [5.41, 5.74) is 6.55. The first kappa shape index (κ1) is 13.7. The zero-order valence-corrected chi connectivity index (χ0v) is 11.8. The highest BCUT2D eigenvalue weighted by molar-refractivity contribution is 9.10. The minimum atomic E-state index is -0.330. The maximum absolute atomic E-state index is 13.3. The van der Waals surface area contributed by atoms with Gasteiger partial charge in [-0.05, 0) is 40.4 Å². The summed E-state index contributed by atoms with van der Waals surface area (Å²) >= 11 is 3.18. The van der Waals surface area contributed by atoms with Crippen LogP contribution in [0.15, 0.2) is 22.7 Å². The van der Waals surface area contributed by atoms with E-state index < -0.39 is 0 Å². The van der Waals surface area contributed by atoms with Gasteiger partial charge in [0.05, 0.1) is 4.47 Å². The summed E-state index contributed by atoms with van der Waals surface area (Å²) in [6, 6.07) is 4.76.